The maximum absolute atomic E-state index is 13.2. The number of nitrogens with zero attached hydrogens (tertiary/aromatic N) is 1. The topological polar surface area (TPSA) is 22.1 Å². The van der Waals surface area contributed by atoms with Crippen molar-refractivity contribution in [2.45, 2.75) is 0 Å². The van der Waals surface area contributed by atoms with Crippen molar-refractivity contribution in [3.63, 3.8) is 0 Å². The van der Waals surface area contributed by atoms with Gasteiger partial charge in [0.2, 0.25) is 0 Å². The number of para-hydroxylation sites is 1. The van der Waals surface area contributed by atoms with Gasteiger partial charge in [0.15, 0.2) is 17.4 Å². The molecule has 1 aromatic heterocycles. The fourth-order valence-electron chi connectivity index (χ4n) is 1.15. The molecule has 0 radical (unpaired) electrons. The zero-order chi connectivity index (χ0) is 11.5. The van der Waals surface area contributed by atoms with Crippen molar-refractivity contribution in [1.82, 2.24) is 4.98 Å². The van der Waals surface area contributed by atoms with Gasteiger partial charge in [-0.25, -0.2) is 13.8 Å². The van der Waals surface area contributed by atoms with Crippen LogP contribution in [0.4, 0.5) is 8.78 Å². The third kappa shape index (κ3) is 2.28. The molecule has 0 unspecified atom stereocenters. The number of pyridine rings is 1. The van der Waals surface area contributed by atoms with E-state index >= 15 is 0 Å². The predicted molar refractivity (Wildman–Crippen MR) is 55.7 cm³/mol. The fraction of sp³-hybridized carbons (Fsp3) is 0. The van der Waals surface area contributed by atoms with Crippen LogP contribution in [-0.2, 0) is 0 Å². The van der Waals surface area contributed by atoms with Crippen LogP contribution < -0.4 is 4.74 Å². The monoisotopic (exact) mass is 241 g/mol. The van der Waals surface area contributed by atoms with Crippen molar-refractivity contribution in [2.24, 2.45) is 0 Å². The van der Waals surface area contributed by atoms with Crippen LogP contribution in [0.25, 0.3) is 0 Å². The summed E-state index contributed by atoms with van der Waals surface area (Å²) in [5.41, 5.74) is 0. The number of aromatic nitrogens is 1. The van der Waals surface area contributed by atoms with Crippen LogP contribution in [0.15, 0.2) is 36.5 Å². The summed E-state index contributed by atoms with van der Waals surface area (Å²) in [5.74, 6) is -1.77. The first-order chi connectivity index (χ1) is 7.66. The summed E-state index contributed by atoms with van der Waals surface area (Å²) < 4.78 is 31.5. The molecule has 0 spiro atoms. The second kappa shape index (κ2) is 4.45. The number of ether oxygens (including phenoxy) is 1. The maximum Gasteiger partial charge on any atom is 0.198 e. The first kappa shape index (κ1) is 10.8. The first-order valence-corrected chi connectivity index (χ1v) is 4.78. The summed E-state index contributed by atoms with van der Waals surface area (Å²) in [6.07, 6.45) is 1.39. The Morgan fingerprint density at radius 3 is 2.44 bits per heavy atom. The number of rotatable bonds is 2. The summed E-state index contributed by atoms with van der Waals surface area (Å²) >= 11 is 5.61. The molecular weight excluding hydrogens is 236 g/mol. The first-order valence-electron chi connectivity index (χ1n) is 4.40. The van der Waals surface area contributed by atoms with Crippen LogP contribution in [0.3, 0.4) is 0 Å². The third-order valence-corrected chi connectivity index (χ3v) is 2.04. The quantitative estimate of drug-likeness (QED) is 0.746. The SMILES string of the molecule is Fc1cccc(F)c1Oc1ccnc(Cl)c1. The van der Waals surface area contributed by atoms with Crippen LogP contribution in [0.1, 0.15) is 0 Å². The summed E-state index contributed by atoms with van der Waals surface area (Å²) in [6, 6.07) is 6.31. The van der Waals surface area contributed by atoms with E-state index in [2.05, 4.69) is 4.98 Å². The van der Waals surface area contributed by atoms with E-state index in [-0.39, 0.29) is 10.9 Å². The van der Waals surface area contributed by atoms with Crippen LogP contribution >= 0.6 is 11.6 Å². The second-order valence-electron chi connectivity index (χ2n) is 2.97. The number of hydrogen-bond donors (Lipinski definition) is 0. The third-order valence-electron chi connectivity index (χ3n) is 1.84. The largest absolute Gasteiger partial charge is 0.451 e. The lowest BCUT2D eigenvalue weighted by molar-refractivity contribution is 0.407. The van der Waals surface area contributed by atoms with Gasteiger partial charge in [-0.1, -0.05) is 17.7 Å². The Hall–Kier alpha value is -1.68. The number of benzene rings is 1. The molecule has 2 aromatic rings. The Kier molecular flexibility index (Phi) is 3.01. The van der Waals surface area contributed by atoms with Gasteiger partial charge in [-0.15, -0.1) is 0 Å². The average molecular weight is 242 g/mol. The fourth-order valence-corrected chi connectivity index (χ4v) is 1.31. The molecule has 2 nitrogen and oxygen atoms in total. The van der Waals surface area contributed by atoms with Gasteiger partial charge in [-0.2, -0.15) is 0 Å². The number of hydrogen-bond acceptors (Lipinski definition) is 2. The van der Waals surface area contributed by atoms with Gasteiger partial charge < -0.3 is 4.74 Å². The van der Waals surface area contributed by atoms with Gasteiger partial charge in [-0.05, 0) is 18.2 Å². The maximum atomic E-state index is 13.2. The molecular formula is C11H6ClF2NO. The highest BCUT2D eigenvalue weighted by Gasteiger charge is 2.10. The molecule has 0 saturated carbocycles. The van der Waals surface area contributed by atoms with E-state index in [1.54, 1.807) is 0 Å². The van der Waals surface area contributed by atoms with Gasteiger partial charge in [0, 0.05) is 12.3 Å². The second-order valence-corrected chi connectivity index (χ2v) is 3.35. The Labute approximate surface area is 95.5 Å². The van der Waals surface area contributed by atoms with E-state index in [0.29, 0.717) is 0 Å². The van der Waals surface area contributed by atoms with E-state index < -0.39 is 17.4 Å². The Balaban J connectivity index is 2.34. The molecule has 2 rings (SSSR count). The lowest BCUT2D eigenvalue weighted by Crippen LogP contribution is -1.92. The minimum absolute atomic E-state index is 0.189. The molecule has 16 heavy (non-hydrogen) atoms. The Morgan fingerprint density at radius 1 is 1.12 bits per heavy atom. The summed E-state index contributed by atoms with van der Waals surface area (Å²) in [6.45, 7) is 0. The number of halogens is 3. The van der Waals surface area contributed by atoms with Crippen LogP contribution in [0, 0.1) is 11.6 Å². The average Bonchev–Trinajstić information content (AvgIpc) is 2.24. The van der Waals surface area contributed by atoms with Crippen molar-refractivity contribution in [3.05, 3.63) is 53.3 Å². The van der Waals surface area contributed by atoms with Gasteiger partial charge in [0.05, 0.1) is 0 Å². The smallest absolute Gasteiger partial charge is 0.198 e. The van der Waals surface area contributed by atoms with Crippen molar-refractivity contribution in [1.29, 1.82) is 0 Å². The van der Waals surface area contributed by atoms with Crippen LogP contribution in [0.2, 0.25) is 5.15 Å². The van der Waals surface area contributed by atoms with E-state index in [9.17, 15) is 8.78 Å². The zero-order valence-electron chi connectivity index (χ0n) is 7.95. The molecule has 82 valence electrons. The lowest BCUT2D eigenvalue weighted by Gasteiger charge is -2.07. The molecule has 0 fully saturated rings. The minimum atomic E-state index is -0.770. The molecule has 0 bridgehead atoms. The molecule has 1 aromatic carbocycles. The molecule has 1 heterocycles. The normalized spacial score (nSPS) is 10.2. The summed E-state index contributed by atoms with van der Waals surface area (Å²) in [4.78, 5) is 3.72. The van der Waals surface area contributed by atoms with E-state index in [1.807, 2.05) is 0 Å². The molecule has 0 amide bonds. The van der Waals surface area contributed by atoms with Crippen molar-refractivity contribution < 1.29 is 13.5 Å². The van der Waals surface area contributed by atoms with Crippen LogP contribution in [0.5, 0.6) is 11.5 Å². The summed E-state index contributed by atoms with van der Waals surface area (Å²) in [5, 5.41) is 0.189. The molecule has 5 heteroatoms. The molecule has 0 atom stereocenters. The van der Waals surface area contributed by atoms with E-state index in [1.165, 1.54) is 24.4 Å². The van der Waals surface area contributed by atoms with Crippen molar-refractivity contribution in [3.8, 4) is 11.5 Å². The van der Waals surface area contributed by atoms with Gasteiger partial charge in [0.25, 0.3) is 0 Å². The lowest BCUT2D eigenvalue weighted by atomic mass is 10.3. The highest BCUT2D eigenvalue weighted by atomic mass is 35.5. The van der Waals surface area contributed by atoms with E-state index in [4.69, 9.17) is 16.3 Å². The highest BCUT2D eigenvalue weighted by Crippen LogP contribution is 2.27. The Morgan fingerprint density at radius 2 is 1.81 bits per heavy atom. The van der Waals surface area contributed by atoms with Gasteiger partial charge >= 0.3 is 0 Å². The van der Waals surface area contributed by atoms with Gasteiger partial charge in [0.1, 0.15) is 10.9 Å². The van der Waals surface area contributed by atoms with Gasteiger partial charge in [-0.3, -0.25) is 0 Å². The molecule has 0 N–H and O–H groups in total. The van der Waals surface area contributed by atoms with Crippen LogP contribution in [-0.4, -0.2) is 4.98 Å². The minimum Gasteiger partial charge on any atom is -0.451 e. The van der Waals surface area contributed by atoms with Crippen molar-refractivity contribution in [2.75, 3.05) is 0 Å². The molecule has 0 aliphatic heterocycles. The predicted octanol–water partition coefficient (Wildman–Crippen LogP) is 3.81. The molecule has 0 aliphatic rings. The highest BCUT2D eigenvalue weighted by molar-refractivity contribution is 6.29. The van der Waals surface area contributed by atoms with E-state index in [0.717, 1.165) is 12.1 Å². The summed E-state index contributed by atoms with van der Waals surface area (Å²) in [7, 11) is 0. The standard InChI is InChI=1S/C11H6ClF2NO/c12-10-6-7(4-5-15-10)16-11-8(13)2-1-3-9(11)14/h1-6H. The molecule has 0 saturated heterocycles. The zero-order valence-corrected chi connectivity index (χ0v) is 8.71. The Bertz CT molecular complexity index is 499. The van der Waals surface area contributed by atoms with Crippen molar-refractivity contribution >= 4 is 11.6 Å². The molecule has 0 aliphatic carbocycles.